The number of halogens is 3. The lowest BCUT2D eigenvalue weighted by molar-refractivity contribution is -0.750. The summed E-state index contributed by atoms with van der Waals surface area (Å²) in [5, 5.41) is 3.68. The molecule has 0 bridgehead atoms. The van der Waals surface area contributed by atoms with Gasteiger partial charge in [-0.3, -0.25) is 0 Å². The van der Waals surface area contributed by atoms with Crippen LogP contribution in [0.3, 0.4) is 0 Å². The molecule has 1 aromatic heterocycles. The first-order chi connectivity index (χ1) is 8.88. The van der Waals surface area contributed by atoms with Crippen molar-refractivity contribution in [3.63, 3.8) is 0 Å². The Kier molecular flexibility index (Phi) is 6.03. The fourth-order valence-corrected chi connectivity index (χ4v) is 2.38. The van der Waals surface area contributed by atoms with Crippen LogP contribution in [0.4, 0.5) is 13.2 Å². The summed E-state index contributed by atoms with van der Waals surface area (Å²) in [5.41, 5.74) is 0. The summed E-state index contributed by atoms with van der Waals surface area (Å²) in [6.45, 7) is 2.41. The molecule has 110 valence electrons. The zero-order valence-corrected chi connectivity index (χ0v) is 12.2. The molecule has 0 atom stereocenters. The molecule has 1 rings (SSSR count). The third kappa shape index (κ3) is 4.63. The lowest BCUT2D eigenvalue weighted by Gasteiger charge is -2.09. The van der Waals surface area contributed by atoms with E-state index in [1.54, 1.807) is 0 Å². The average Bonchev–Trinajstić information content (AvgIpc) is 2.58. The molecule has 0 N–H and O–H groups in total. The number of hydrogen-bond acceptors (Lipinski definition) is 2. The van der Waals surface area contributed by atoms with E-state index >= 15 is 0 Å². The van der Waals surface area contributed by atoms with Gasteiger partial charge in [0, 0.05) is 5.10 Å². The van der Waals surface area contributed by atoms with Crippen molar-refractivity contribution in [1.29, 1.82) is 0 Å². The van der Waals surface area contributed by atoms with Crippen LogP contribution in [0.15, 0.2) is 5.16 Å². The standard InChI is InChI=1S/C12H20F3N3S/c1-3-4-5-6-7-8-9-18-10(12(13,14)15)17(2)16-11(18)19/h3-9H2,1-2H3. The maximum absolute atomic E-state index is 12.9. The first kappa shape index (κ1) is 16.2. The summed E-state index contributed by atoms with van der Waals surface area (Å²) in [5.74, 6) is -0.772. The minimum atomic E-state index is -4.42. The lowest BCUT2D eigenvalue weighted by atomic mass is 10.1. The second kappa shape index (κ2) is 7.07. The first-order valence-corrected chi connectivity index (χ1v) is 6.99. The van der Waals surface area contributed by atoms with Gasteiger partial charge in [0.15, 0.2) is 5.16 Å². The van der Waals surface area contributed by atoms with Crippen molar-refractivity contribution in [2.24, 2.45) is 7.05 Å². The molecule has 0 spiro atoms. The predicted molar refractivity (Wildman–Crippen MR) is 67.4 cm³/mol. The van der Waals surface area contributed by atoms with E-state index in [1.807, 2.05) is 0 Å². The molecule has 0 aliphatic rings. The van der Waals surface area contributed by atoms with Gasteiger partial charge in [-0.2, -0.15) is 13.2 Å². The van der Waals surface area contributed by atoms with E-state index < -0.39 is 12.0 Å². The van der Waals surface area contributed by atoms with Gasteiger partial charge in [0.1, 0.15) is 0 Å². The van der Waals surface area contributed by atoms with Crippen molar-refractivity contribution in [1.82, 2.24) is 9.78 Å². The summed E-state index contributed by atoms with van der Waals surface area (Å²) in [4.78, 5) is 0. The first-order valence-electron chi connectivity index (χ1n) is 6.59. The van der Waals surface area contributed by atoms with Gasteiger partial charge < -0.3 is 12.6 Å². The highest BCUT2D eigenvalue weighted by molar-refractivity contribution is 7.58. The van der Waals surface area contributed by atoms with Crippen LogP contribution in [0, 0.1) is 0 Å². The molecule has 0 fully saturated rings. The highest BCUT2D eigenvalue weighted by atomic mass is 32.1. The van der Waals surface area contributed by atoms with Gasteiger partial charge in [-0.25, -0.2) is 4.57 Å². The third-order valence-corrected chi connectivity index (χ3v) is 3.32. The van der Waals surface area contributed by atoms with E-state index in [0.29, 0.717) is 6.42 Å². The molecule has 1 heterocycles. The second-order valence-corrected chi connectivity index (χ2v) is 5.01. The van der Waals surface area contributed by atoms with Crippen molar-refractivity contribution in [2.75, 3.05) is 0 Å². The summed E-state index contributed by atoms with van der Waals surface area (Å²) < 4.78 is 40.5. The van der Waals surface area contributed by atoms with Gasteiger partial charge in [-0.1, -0.05) is 39.0 Å². The summed E-state index contributed by atoms with van der Waals surface area (Å²) in [7, 11) is 1.27. The molecule has 19 heavy (non-hydrogen) atoms. The zero-order valence-electron chi connectivity index (χ0n) is 11.3. The van der Waals surface area contributed by atoms with Crippen molar-refractivity contribution < 1.29 is 17.7 Å². The Hall–Kier alpha value is -0.850. The van der Waals surface area contributed by atoms with Crippen LogP contribution in [0.25, 0.3) is 0 Å². The van der Waals surface area contributed by atoms with Crippen LogP contribution in [-0.2, 0) is 32.4 Å². The molecule has 0 unspecified atom stereocenters. The fourth-order valence-electron chi connectivity index (χ4n) is 2.08. The quantitative estimate of drug-likeness (QED) is 0.438. The number of rotatable bonds is 7. The molecule has 0 aliphatic heterocycles. The van der Waals surface area contributed by atoms with Crippen LogP contribution in [-0.4, -0.2) is 9.78 Å². The van der Waals surface area contributed by atoms with Crippen LogP contribution in [0.5, 0.6) is 0 Å². The molecule has 0 amide bonds. The SMILES string of the molecule is CCCCCCCC[n+]1c([S-])nn(C)c1C(F)(F)F. The average molecular weight is 295 g/mol. The highest BCUT2D eigenvalue weighted by Crippen LogP contribution is 2.26. The molecule has 0 aliphatic carbocycles. The molecular formula is C12H20F3N3S. The monoisotopic (exact) mass is 295 g/mol. The molecular weight excluding hydrogens is 275 g/mol. The highest BCUT2D eigenvalue weighted by Gasteiger charge is 2.43. The summed E-state index contributed by atoms with van der Waals surface area (Å²) in [6.07, 6.45) is 1.75. The number of aromatic nitrogens is 3. The number of hydrogen-bond donors (Lipinski definition) is 0. The van der Waals surface area contributed by atoms with Crippen molar-refractivity contribution in [2.45, 2.75) is 63.3 Å². The topological polar surface area (TPSA) is 21.7 Å². The van der Waals surface area contributed by atoms with Crippen LogP contribution in [0.1, 0.15) is 51.3 Å². The van der Waals surface area contributed by atoms with E-state index in [9.17, 15) is 13.2 Å². The Bertz CT molecular complexity index is 402. The lowest BCUT2D eigenvalue weighted by Crippen LogP contribution is -2.43. The van der Waals surface area contributed by atoms with E-state index in [1.165, 1.54) is 13.5 Å². The summed E-state index contributed by atoms with van der Waals surface area (Å²) in [6, 6.07) is 0. The summed E-state index contributed by atoms with van der Waals surface area (Å²) >= 11 is 4.88. The van der Waals surface area contributed by atoms with E-state index in [-0.39, 0.29) is 11.7 Å². The third-order valence-electron chi connectivity index (χ3n) is 3.02. The van der Waals surface area contributed by atoms with Gasteiger partial charge in [0.25, 0.3) is 0 Å². The smallest absolute Gasteiger partial charge is 0.481 e. The maximum Gasteiger partial charge on any atom is 0.481 e. The van der Waals surface area contributed by atoms with Gasteiger partial charge in [-0.05, 0) is 6.42 Å². The zero-order chi connectivity index (χ0) is 14.5. The normalized spacial score (nSPS) is 12.1. The molecule has 3 nitrogen and oxygen atoms in total. The Morgan fingerprint density at radius 1 is 1.16 bits per heavy atom. The maximum atomic E-state index is 12.9. The van der Waals surface area contributed by atoms with E-state index in [4.69, 9.17) is 12.6 Å². The van der Waals surface area contributed by atoms with Crippen molar-refractivity contribution >= 4 is 12.6 Å². The van der Waals surface area contributed by atoms with E-state index in [2.05, 4.69) is 12.0 Å². The minimum Gasteiger partial charge on any atom is -0.703 e. The van der Waals surface area contributed by atoms with E-state index in [0.717, 1.165) is 34.9 Å². The Labute approximate surface area is 117 Å². The number of alkyl halides is 3. The molecule has 0 radical (unpaired) electrons. The van der Waals surface area contributed by atoms with Crippen LogP contribution < -0.4 is 4.57 Å². The van der Waals surface area contributed by atoms with Gasteiger partial charge in [0.05, 0.1) is 13.6 Å². The molecule has 1 aromatic rings. The Balaban J connectivity index is 2.58. The van der Waals surface area contributed by atoms with Crippen LogP contribution in [0.2, 0.25) is 0 Å². The number of aryl methyl sites for hydroxylation is 1. The van der Waals surface area contributed by atoms with Crippen LogP contribution >= 0.6 is 0 Å². The molecule has 0 saturated heterocycles. The molecule has 0 aromatic carbocycles. The molecule has 7 heteroatoms. The van der Waals surface area contributed by atoms with Crippen molar-refractivity contribution in [3.8, 4) is 0 Å². The second-order valence-electron chi connectivity index (χ2n) is 4.65. The number of unbranched alkanes of at least 4 members (excludes halogenated alkanes) is 5. The Morgan fingerprint density at radius 3 is 2.32 bits per heavy atom. The molecule has 0 saturated carbocycles. The number of nitrogens with zero attached hydrogens (tertiary/aromatic N) is 3. The van der Waals surface area contributed by atoms with Gasteiger partial charge in [0.2, 0.25) is 0 Å². The van der Waals surface area contributed by atoms with Gasteiger partial charge >= 0.3 is 12.0 Å². The van der Waals surface area contributed by atoms with Crippen molar-refractivity contribution in [3.05, 3.63) is 5.82 Å². The largest absolute Gasteiger partial charge is 0.703 e. The fraction of sp³-hybridized carbons (Fsp3) is 0.833. The minimum absolute atomic E-state index is 0.00313. The predicted octanol–water partition coefficient (Wildman–Crippen LogP) is 2.99. The van der Waals surface area contributed by atoms with Gasteiger partial charge in [-0.15, -0.1) is 4.68 Å². The Morgan fingerprint density at radius 2 is 1.74 bits per heavy atom.